The van der Waals surface area contributed by atoms with E-state index in [0.717, 1.165) is 22.4 Å². The smallest absolute Gasteiger partial charge is 0.333 e. The molecule has 0 heterocycles. The quantitative estimate of drug-likeness (QED) is 0.334. The third-order valence-electron chi connectivity index (χ3n) is 2.83. The van der Waals surface area contributed by atoms with E-state index in [1.807, 2.05) is 26.0 Å². The van der Waals surface area contributed by atoms with Gasteiger partial charge >= 0.3 is 5.97 Å². The Hall–Kier alpha value is -1.67. The predicted octanol–water partition coefficient (Wildman–Crippen LogP) is 3.59. The van der Waals surface area contributed by atoms with Crippen LogP contribution in [0.5, 0.6) is 5.75 Å². The summed E-state index contributed by atoms with van der Waals surface area (Å²) in [6.07, 6.45) is 0.508. The van der Waals surface area contributed by atoms with Crippen LogP contribution in [0.15, 0.2) is 24.3 Å². The number of benzene rings is 1. The van der Waals surface area contributed by atoms with E-state index >= 15 is 0 Å². The molecular formula is C15H19O4P. The summed E-state index contributed by atoms with van der Waals surface area (Å²) in [7, 11) is 0.112. The Morgan fingerprint density at radius 2 is 1.85 bits per heavy atom. The Kier molecular flexibility index (Phi) is 6.40. The normalized spacial score (nSPS) is 10.3. The van der Waals surface area contributed by atoms with Gasteiger partial charge in [-0.25, -0.2) is 4.79 Å². The number of rotatable bonds is 7. The van der Waals surface area contributed by atoms with Crippen LogP contribution < -0.4 is 4.74 Å². The molecule has 20 heavy (non-hydrogen) atoms. The van der Waals surface area contributed by atoms with E-state index in [9.17, 15) is 9.36 Å². The van der Waals surface area contributed by atoms with E-state index in [2.05, 4.69) is 6.58 Å². The molecule has 0 aromatic heterocycles. The minimum atomic E-state index is -0.411. The molecule has 0 N–H and O–H groups in total. The molecule has 1 rings (SSSR count). The highest BCUT2D eigenvalue weighted by Crippen LogP contribution is 2.24. The van der Waals surface area contributed by atoms with Crippen LogP contribution in [0.2, 0.25) is 0 Å². The number of esters is 1. The first kappa shape index (κ1) is 16.4. The molecule has 0 radical (unpaired) electrons. The number of hydrogen-bond acceptors (Lipinski definition) is 4. The molecule has 0 saturated heterocycles. The lowest BCUT2D eigenvalue weighted by Crippen LogP contribution is -2.12. The van der Waals surface area contributed by atoms with Crippen molar-refractivity contribution in [3.05, 3.63) is 41.0 Å². The standard InChI is InChI=1S/C15H19O4P/c1-10(2)15(16)19-6-5-18-13-7-11(3)14(9-20-17)12(4)8-13/h7-8H,1,5-6,9H2,2-4H3. The van der Waals surface area contributed by atoms with Gasteiger partial charge in [-0.1, -0.05) is 6.58 Å². The third-order valence-corrected chi connectivity index (χ3v) is 3.27. The van der Waals surface area contributed by atoms with E-state index in [1.165, 1.54) is 0 Å². The van der Waals surface area contributed by atoms with E-state index in [1.54, 1.807) is 6.92 Å². The Labute approximate surface area is 121 Å². The van der Waals surface area contributed by atoms with Crippen LogP contribution in [0.3, 0.4) is 0 Å². The first-order chi connectivity index (χ1) is 9.45. The Balaban J connectivity index is 2.55. The molecule has 5 heteroatoms. The van der Waals surface area contributed by atoms with Crippen LogP contribution in [-0.4, -0.2) is 19.2 Å². The van der Waals surface area contributed by atoms with Crippen molar-refractivity contribution in [3.63, 3.8) is 0 Å². The zero-order valence-corrected chi connectivity index (χ0v) is 13.0. The zero-order chi connectivity index (χ0) is 15.1. The molecule has 0 aliphatic heterocycles. The van der Waals surface area contributed by atoms with Crippen LogP contribution in [0, 0.1) is 13.8 Å². The minimum Gasteiger partial charge on any atom is -0.490 e. The molecule has 0 aliphatic carbocycles. The summed E-state index contributed by atoms with van der Waals surface area (Å²) >= 11 is 0. The SMILES string of the molecule is C=C(C)C(=O)OCCOc1cc(C)c(CP=O)c(C)c1. The second-order valence-electron chi connectivity index (χ2n) is 4.59. The molecule has 0 amide bonds. The molecule has 1 aromatic carbocycles. The number of aryl methyl sites for hydroxylation is 2. The van der Waals surface area contributed by atoms with Gasteiger partial charge in [-0.3, -0.25) is 4.57 Å². The highest BCUT2D eigenvalue weighted by molar-refractivity contribution is 7.22. The average Bonchev–Trinajstić information content (AvgIpc) is 2.38. The van der Waals surface area contributed by atoms with E-state index in [-0.39, 0.29) is 21.7 Å². The largest absolute Gasteiger partial charge is 0.490 e. The van der Waals surface area contributed by atoms with Crippen molar-refractivity contribution in [2.75, 3.05) is 13.2 Å². The summed E-state index contributed by atoms with van der Waals surface area (Å²) in [5.41, 5.74) is 3.53. The van der Waals surface area contributed by atoms with E-state index in [0.29, 0.717) is 11.7 Å². The zero-order valence-electron chi connectivity index (χ0n) is 12.1. The van der Waals surface area contributed by atoms with Crippen LogP contribution in [0.1, 0.15) is 23.6 Å². The summed E-state index contributed by atoms with van der Waals surface area (Å²) < 4.78 is 21.2. The summed E-state index contributed by atoms with van der Waals surface area (Å²) in [6.45, 7) is 9.50. The Morgan fingerprint density at radius 3 is 2.35 bits per heavy atom. The highest BCUT2D eigenvalue weighted by Gasteiger charge is 2.07. The number of hydrogen-bond donors (Lipinski definition) is 0. The maximum Gasteiger partial charge on any atom is 0.333 e. The van der Waals surface area contributed by atoms with Gasteiger partial charge in [0.1, 0.15) is 19.0 Å². The molecule has 0 saturated carbocycles. The van der Waals surface area contributed by atoms with Gasteiger partial charge in [0.05, 0.1) is 6.16 Å². The van der Waals surface area contributed by atoms with Crippen molar-refractivity contribution in [2.24, 2.45) is 0 Å². The van der Waals surface area contributed by atoms with Crippen molar-refractivity contribution in [2.45, 2.75) is 26.9 Å². The summed E-state index contributed by atoms with van der Waals surface area (Å²) in [4.78, 5) is 11.2. The molecule has 108 valence electrons. The fraction of sp³-hybridized carbons (Fsp3) is 0.400. The van der Waals surface area contributed by atoms with E-state index < -0.39 is 5.97 Å². The molecule has 0 fully saturated rings. The highest BCUT2D eigenvalue weighted by atomic mass is 31.1. The average molecular weight is 294 g/mol. The van der Waals surface area contributed by atoms with Crippen molar-refractivity contribution in [1.82, 2.24) is 0 Å². The molecule has 0 unspecified atom stereocenters. The number of carbonyl (C=O) groups excluding carboxylic acids is 1. The van der Waals surface area contributed by atoms with Crippen molar-refractivity contribution >= 4 is 14.4 Å². The summed E-state index contributed by atoms with van der Waals surface area (Å²) in [6, 6.07) is 3.79. The van der Waals surface area contributed by atoms with Crippen molar-refractivity contribution in [3.8, 4) is 5.75 Å². The van der Waals surface area contributed by atoms with Gasteiger partial charge in [0.25, 0.3) is 0 Å². The van der Waals surface area contributed by atoms with Crippen molar-refractivity contribution < 1.29 is 18.8 Å². The second kappa shape index (κ2) is 7.81. The van der Waals surface area contributed by atoms with Gasteiger partial charge in [0, 0.05) is 5.57 Å². The maximum absolute atomic E-state index is 11.2. The maximum atomic E-state index is 11.2. The van der Waals surface area contributed by atoms with Crippen LogP contribution >= 0.6 is 8.46 Å². The van der Waals surface area contributed by atoms with Gasteiger partial charge in [-0.15, -0.1) is 0 Å². The lowest BCUT2D eigenvalue weighted by Gasteiger charge is -2.12. The molecule has 0 spiro atoms. The van der Waals surface area contributed by atoms with Crippen molar-refractivity contribution in [1.29, 1.82) is 0 Å². The third kappa shape index (κ3) is 4.78. The van der Waals surface area contributed by atoms with Crippen LogP contribution in [-0.2, 0) is 20.3 Å². The summed E-state index contributed by atoms with van der Waals surface area (Å²) in [5, 5.41) is 0. The fourth-order valence-corrected chi connectivity index (χ4v) is 2.40. The first-order valence-corrected chi connectivity index (χ1v) is 7.30. The second-order valence-corrected chi connectivity index (χ2v) is 5.16. The molecule has 1 aromatic rings. The monoisotopic (exact) mass is 294 g/mol. The minimum absolute atomic E-state index is 0.112. The Bertz CT molecular complexity index is 500. The molecule has 0 aliphatic rings. The lowest BCUT2D eigenvalue weighted by molar-refractivity contribution is -0.139. The van der Waals surface area contributed by atoms with Crippen LogP contribution in [0.4, 0.5) is 0 Å². The summed E-state index contributed by atoms with van der Waals surface area (Å²) in [5.74, 6) is 0.309. The van der Waals surface area contributed by atoms with Crippen LogP contribution in [0.25, 0.3) is 0 Å². The number of ether oxygens (including phenoxy) is 2. The first-order valence-electron chi connectivity index (χ1n) is 6.30. The van der Waals surface area contributed by atoms with Gasteiger partial charge in [-0.05, 0) is 49.6 Å². The van der Waals surface area contributed by atoms with Gasteiger partial charge in [0.2, 0.25) is 0 Å². The Morgan fingerprint density at radius 1 is 1.25 bits per heavy atom. The molecule has 0 atom stereocenters. The topological polar surface area (TPSA) is 52.6 Å². The number of carbonyl (C=O) groups is 1. The molecular weight excluding hydrogens is 275 g/mol. The molecule has 4 nitrogen and oxygen atoms in total. The molecule has 0 bridgehead atoms. The lowest BCUT2D eigenvalue weighted by atomic mass is 10.0. The van der Waals surface area contributed by atoms with E-state index in [4.69, 9.17) is 9.47 Å². The van der Waals surface area contributed by atoms with Gasteiger partial charge < -0.3 is 9.47 Å². The predicted molar refractivity (Wildman–Crippen MR) is 78.5 cm³/mol. The van der Waals surface area contributed by atoms with Gasteiger partial charge in [0.15, 0.2) is 8.46 Å². The fourth-order valence-electron chi connectivity index (χ4n) is 1.77. The van der Waals surface area contributed by atoms with Gasteiger partial charge in [-0.2, -0.15) is 0 Å².